The molecule has 20 heavy (non-hydrogen) atoms. The molecule has 1 unspecified atom stereocenters. The molecule has 1 aromatic rings. The van der Waals surface area contributed by atoms with Gasteiger partial charge in [0.2, 0.25) is 0 Å². The largest absolute Gasteiger partial charge is 0.490 e. The summed E-state index contributed by atoms with van der Waals surface area (Å²) in [6, 6.07) is 5.67. The predicted octanol–water partition coefficient (Wildman–Crippen LogP) is 1.38. The van der Waals surface area contributed by atoms with E-state index in [-0.39, 0.29) is 12.0 Å². The Morgan fingerprint density at radius 1 is 1.30 bits per heavy atom. The van der Waals surface area contributed by atoms with Crippen molar-refractivity contribution >= 4 is 11.6 Å². The molecule has 0 bridgehead atoms. The molecule has 0 N–H and O–H groups in total. The Balaban J connectivity index is 1.83. The first-order valence-electron chi connectivity index (χ1n) is 7.04. The molecule has 1 atom stereocenters. The lowest BCUT2D eigenvalue weighted by molar-refractivity contribution is -0.0124. The van der Waals surface area contributed by atoms with Gasteiger partial charge in [0.15, 0.2) is 0 Å². The Hall–Kier alpha value is -1.75. The number of carbonyl (C=O) groups excluding carboxylic acids is 1. The first-order valence-corrected chi connectivity index (χ1v) is 7.04. The normalized spacial score (nSPS) is 22.2. The van der Waals surface area contributed by atoms with E-state index in [0.717, 1.165) is 23.5 Å². The molecule has 1 saturated heterocycles. The van der Waals surface area contributed by atoms with Crippen molar-refractivity contribution in [1.29, 1.82) is 0 Å². The SMILES string of the molecule is CC1CN(C(=O)c2ccc3c(c2)N(C)CCO3)CCO1. The second kappa shape index (κ2) is 5.32. The fourth-order valence-corrected chi connectivity index (χ4v) is 2.67. The number of morpholine rings is 1. The summed E-state index contributed by atoms with van der Waals surface area (Å²) in [5, 5.41) is 0. The summed E-state index contributed by atoms with van der Waals surface area (Å²) in [6.45, 7) is 5.46. The lowest BCUT2D eigenvalue weighted by Crippen LogP contribution is -2.44. The van der Waals surface area contributed by atoms with E-state index in [0.29, 0.717) is 26.3 Å². The van der Waals surface area contributed by atoms with Crippen molar-refractivity contribution < 1.29 is 14.3 Å². The van der Waals surface area contributed by atoms with Crippen LogP contribution in [0.25, 0.3) is 0 Å². The Labute approximate surface area is 119 Å². The van der Waals surface area contributed by atoms with E-state index in [1.165, 1.54) is 0 Å². The van der Waals surface area contributed by atoms with Crippen LogP contribution in [-0.2, 0) is 4.74 Å². The summed E-state index contributed by atoms with van der Waals surface area (Å²) < 4.78 is 11.1. The first kappa shape index (κ1) is 13.2. The van der Waals surface area contributed by atoms with Gasteiger partial charge in [-0.25, -0.2) is 0 Å². The van der Waals surface area contributed by atoms with Crippen molar-refractivity contribution in [3.63, 3.8) is 0 Å². The maximum atomic E-state index is 12.5. The monoisotopic (exact) mass is 276 g/mol. The van der Waals surface area contributed by atoms with E-state index in [9.17, 15) is 4.79 Å². The molecule has 5 nitrogen and oxygen atoms in total. The number of amides is 1. The van der Waals surface area contributed by atoms with E-state index in [4.69, 9.17) is 9.47 Å². The van der Waals surface area contributed by atoms with Crippen molar-refractivity contribution in [2.75, 3.05) is 44.8 Å². The third-order valence-electron chi connectivity index (χ3n) is 3.83. The molecule has 1 fully saturated rings. The van der Waals surface area contributed by atoms with Crippen molar-refractivity contribution in [2.24, 2.45) is 0 Å². The Kier molecular flexibility index (Phi) is 3.53. The van der Waals surface area contributed by atoms with Gasteiger partial charge in [0.25, 0.3) is 5.91 Å². The number of ether oxygens (including phenoxy) is 2. The van der Waals surface area contributed by atoms with E-state index < -0.39 is 0 Å². The van der Waals surface area contributed by atoms with Crippen LogP contribution in [-0.4, -0.2) is 56.8 Å². The lowest BCUT2D eigenvalue weighted by Gasteiger charge is -2.32. The fourth-order valence-electron chi connectivity index (χ4n) is 2.67. The van der Waals surface area contributed by atoms with Crippen LogP contribution in [0, 0.1) is 0 Å². The zero-order valence-electron chi connectivity index (χ0n) is 12.0. The average molecular weight is 276 g/mol. The molecule has 108 valence electrons. The molecule has 2 aliphatic rings. The molecule has 1 amide bonds. The lowest BCUT2D eigenvalue weighted by atomic mass is 10.1. The summed E-state index contributed by atoms with van der Waals surface area (Å²) >= 11 is 0. The zero-order valence-corrected chi connectivity index (χ0v) is 12.0. The van der Waals surface area contributed by atoms with Gasteiger partial charge in [0.05, 0.1) is 24.9 Å². The van der Waals surface area contributed by atoms with Gasteiger partial charge in [-0.2, -0.15) is 0 Å². The van der Waals surface area contributed by atoms with Crippen LogP contribution in [0.3, 0.4) is 0 Å². The maximum absolute atomic E-state index is 12.5. The fraction of sp³-hybridized carbons (Fsp3) is 0.533. The number of benzene rings is 1. The minimum Gasteiger partial charge on any atom is -0.490 e. The topological polar surface area (TPSA) is 42.0 Å². The quantitative estimate of drug-likeness (QED) is 0.777. The van der Waals surface area contributed by atoms with Crippen molar-refractivity contribution in [1.82, 2.24) is 4.90 Å². The average Bonchev–Trinajstić information content (AvgIpc) is 2.47. The summed E-state index contributed by atoms with van der Waals surface area (Å²) in [7, 11) is 2.02. The number of hydrogen-bond acceptors (Lipinski definition) is 4. The molecule has 1 aromatic carbocycles. The summed E-state index contributed by atoms with van der Waals surface area (Å²) in [5.41, 5.74) is 1.71. The molecule has 0 aliphatic carbocycles. The molecular weight excluding hydrogens is 256 g/mol. The predicted molar refractivity (Wildman–Crippen MR) is 76.5 cm³/mol. The van der Waals surface area contributed by atoms with Crippen molar-refractivity contribution in [3.8, 4) is 5.75 Å². The zero-order chi connectivity index (χ0) is 14.1. The maximum Gasteiger partial charge on any atom is 0.254 e. The van der Waals surface area contributed by atoms with Gasteiger partial charge in [0, 0.05) is 25.7 Å². The smallest absolute Gasteiger partial charge is 0.254 e. The molecule has 0 spiro atoms. The molecule has 2 aliphatic heterocycles. The second-order valence-corrected chi connectivity index (χ2v) is 5.39. The number of hydrogen-bond donors (Lipinski definition) is 0. The van der Waals surface area contributed by atoms with E-state index in [1.807, 2.05) is 37.1 Å². The summed E-state index contributed by atoms with van der Waals surface area (Å²) in [6.07, 6.45) is 0.108. The van der Waals surface area contributed by atoms with Crippen LogP contribution < -0.4 is 9.64 Å². The summed E-state index contributed by atoms with van der Waals surface area (Å²) in [5.74, 6) is 0.924. The molecule has 0 radical (unpaired) electrons. The molecule has 2 heterocycles. The van der Waals surface area contributed by atoms with Crippen LogP contribution in [0.15, 0.2) is 18.2 Å². The van der Waals surface area contributed by atoms with Gasteiger partial charge in [-0.3, -0.25) is 4.79 Å². The standard InChI is InChI=1S/C15H20N2O3/c1-11-10-17(6-8-19-11)15(18)12-3-4-14-13(9-12)16(2)5-7-20-14/h3-4,9,11H,5-8,10H2,1-2H3. The number of likely N-dealkylation sites (N-methyl/N-ethyl adjacent to an activating group) is 1. The third kappa shape index (κ3) is 2.45. The summed E-state index contributed by atoms with van der Waals surface area (Å²) in [4.78, 5) is 16.5. The van der Waals surface area contributed by atoms with Crippen LogP contribution in [0.2, 0.25) is 0 Å². The Morgan fingerprint density at radius 3 is 2.95 bits per heavy atom. The molecule has 3 rings (SSSR count). The number of fused-ring (bicyclic) bond motifs is 1. The van der Waals surface area contributed by atoms with E-state index in [1.54, 1.807) is 0 Å². The number of nitrogens with zero attached hydrogens (tertiary/aromatic N) is 2. The highest BCUT2D eigenvalue weighted by atomic mass is 16.5. The minimum absolute atomic E-state index is 0.0712. The van der Waals surface area contributed by atoms with Gasteiger partial charge < -0.3 is 19.3 Å². The first-order chi connectivity index (χ1) is 9.65. The second-order valence-electron chi connectivity index (χ2n) is 5.39. The highest BCUT2D eigenvalue weighted by Crippen LogP contribution is 2.31. The highest BCUT2D eigenvalue weighted by Gasteiger charge is 2.24. The number of rotatable bonds is 1. The van der Waals surface area contributed by atoms with E-state index in [2.05, 4.69) is 4.90 Å². The van der Waals surface area contributed by atoms with Crippen LogP contribution in [0.4, 0.5) is 5.69 Å². The van der Waals surface area contributed by atoms with Crippen molar-refractivity contribution in [2.45, 2.75) is 13.0 Å². The van der Waals surface area contributed by atoms with Gasteiger partial charge in [-0.1, -0.05) is 0 Å². The molecule has 0 saturated carbocycles. The third-order valence-corrected chi connectivity index (χ3v) is 3.83. The van der Waals surface area contributed by atoms with Gasteiger partial charge in [-0.05, 0) is 25.1 Å². The van der Waals surface area contributed by atoms with Crippen LogP contribution >= 0.6 is 0 Å². The Bertz CT molecular complexity index is 518. The van der Waals surface area contributed by atoms with Gasteiger partial charge in [0.1, 0.15) is 12.4 Å². The van der Waals surface area contributed by atoms with Crippen LogP contribution in [0.5, 0.6) is 5.75 Å². The molecule has 0 aromatic heterocycles. The number of anilines is 1. The molecule has 5 heteroatoms. The minimum atomic E-state index is 0.0712. The van der Waals surface area contributed by atoms with Crippen LogP contribution in [0.1, 0.15) is 17.3 Å². The van der Waals surface area contributed by atoms with Crippen molar-refractivity contribution in [3.05, 3.63) is 23.8 Å². The van der Waals surface area contributed by atoms with E-state index >= 15 is 0 Å². The van der Waals surface area contributed by atoms with Gasteiger partial charge in [-0.15, -0.1) is 0 Å². The number of carbonyl (C=O) groups is 1. The Morgan fingerprint density at radius 2 is 2.15 bits per heavy atom. The van der Waals surface area contributed by atoms with Gasteiger partial charge >= 0.3 is 0 Å². The molecular formula is C15H20N2O3. The highest BCUT2D eigenvalue weighted by molar-refractivity contribution is 5.95.